The number of hydrogen-bond donors (Lipinski definition) is 0. The largest absolute Gasteiger partial charge is 0.543 e. The molecule has 0 atom stereocenters. The number of carbonyl (C=O) groups is 2. The lowest BCUT2D eigenvalue weighted by atomic mass is 10.1. The topological polar surface area (TPSA) is 61.8 Å². The van der Waals surface area contributed by atoms with Crippen molar-refractivity contribution in [1.29, 1.82) is 0 Å². The first-order valence-electron chi connectivity index (χ1n) is 7.03. The van der Waals surface area contributed by atoms with Gasteiger partial charge in [-0.15, -0.1) is 0 Å². The van der Waals surface area contributed by atoms with Gasteiger partial charge in [0.2, 0.25) is 8.32 Å². The number of esters is 2. The molecule has 0 aliphatic rings. The Kier molecular flexibility index (Phi) is 5.40. The van der Waals surface area contributed by atoms with Crippen LogP contribution in [0.15, 0.2) is 18.2 Å². The maximum Gasteiger partial charge on any atom is 0.338 e. The van der Waals surface area contributed by atoms with Crippen LogP contribution in [0.5, 0.6) is 5.75 Å². The van der Waals surface area contributed by atoms with E-state index >= 15 is 0 Å². The summed E-state index contributed by atoms with van der Waals surface area (Å²) in [6, 6.07) is 4.75. The van der Waals surface area contributed by atoms with Crippen molar-refractivity contribution in [2.75, 3.05) is 14.2 Å². The molecule has 0 bridgehead atoms. The van der Waals surface area contributed by atoms with Crippen molar-refractivity contribution in [2.24, 2.45) is 0 Å². The van der Waals surface area contributed by atoms with Gasteiger partial charge in [-0.05, 0) is 36.3 Å². The molecule has 0 amide bonds. The minimum absolute atomic E-state index is 0.0272. The number of carbonyl (C=O) groups excluding carboxylic acids is 2. The predicted molar refractivity (Wildman–Crippen MR) is 86.9 cm³/mol. The van der Waals surface area contributed by atoms with Gasteiger partial charge in [-0.2, -0.15) is 0 Å². The van der Waals surface area contributed by atoms with Gasteiger partial charge >= 0.3 is 11.9 Å². The number of hydrogen-bond acceptors (Lipinski definition) is 5. The second-order valence-electron chi connectivity index (χ2n) is 6.55. The van der Waals surface area contributed by atoms with E-state index in [0.29, 0.717) is 5.75 Å². The fraction of sp³-hybridized carbons (Fsp3) is 0.500. The first kappa shape index (κ1) is 18.2. The molecule has 0 spiro atoms. The Morgan fingerprint density at radius 2 is 1.45 bits per heavy atom. The van der Waals surface area contributed by atoms with Gasteiger partial charge in [0.1, 0.15) is 5.75 Å². The zero-order chi connectivity index (χ0) is 17.1. The van der Waals surface area contributed by atoms with Crippen molar-refractivity contribution in [3.63, 3.8) is 0 Å². The number of benzene rings is 1. The lowest BCUT2D eigenvalue weighted by Gasteiger charge is -2.36. The summed E-state index contributed by atoms with van der Waals surface area (Å²) in [7, 11) is 0.501. The predicted octanol–water partition coefficient (Wildman–Crippen LogP) is 3.64. The molecule has 6 heteroatoms. The molecule has 22 heavy (non-hydrogen) atoms. The van der Waals surface area contributed by atoms with Crippen LogP contribution < -0.4 is 4.43 Å². The lowest BCUT2D eigenvalue weighted by molar-refractivity contribution is 0.0555. The van der Waals surface area contributed by atoms with Gasteiger partial charge in [-0.1, -0.05) is 20.8 Å². The van der Waals surface area contributed by atoms with Crippen LogP contribution in [-0.2, 0) is 9.47 Å². The molecule has 0 aliphatic carbocycles. The van der Waals surface area contributed by atoms with Crippen molar-refractivity contribution in [1.82, 2.24) is 0 Å². The monoisotopic (exact) mass is 324 g/mol. The van der Waals surface area contributed by atoms with E-state index in [1.165, 1.54) is 20.3 Å². The van der Waals surface area contributed by atoms with E-state index in [2.05, 4.69) is 38.6 Å². The van der Waals surface area contributed by atoms with Crippen LogP contribution in [0.25, 0.3) is 0 Å². The van der Waals surface area contributed by atoms with Gasteiger partial charge in [-0.3, -0.25) is 0 Å². The zero-order valence-corrected chi connectivity index (χ0v) is 15.3. The van der Waals surface area contributed by atoms with Crippen LogP contribution >= 0.6 is 0 Å². The molecule has 1 aromatic carbocycles. The fourth-order valence-corrected chi connectivity index (χ4v) is 2.62. The third kappa shape index (κ3) is 3.88. The molecule has 0 saturated carbocycles. The quantitative estimate of drug-likeness (QED) is 0.625. The standard InChI is InChI=1S/C16H24O5Si/c1-16(2,3)22(6,7)21-11-8-9-12(14(17)19-4)13(10-11)15(18)20-5/h8-10H,1-7H3. The second kappa shape index (κ2) is 6.52. The normalized spacial score (nSPS) is 11.8. The summed E-state index contributed by atoms with van der Waals surface area (Å²) >= 11 is 0. The van der Waals surface area contributed by atoms with Crippen molar-refractivity contribution >= 4 is 20.3 Å². The Labute approximate surface area is 132 Å². The van der Waals surface area contributed by atoms with Gasteiger partial charge in [-0.25, -0.2) is 9.59 Å². The molecule has 0 saturated heterocycles. The maximum absolute atomic E-state index is 11.9. The molecular weight excluding hydrogens is 300 g/mol. The third-order valence-corrected chi connectivity index (χ3v) is 8.34. The summed E-state index contributed by atoms with van der Waals surface area (Å²) < 4.78 is 15.6. The Balaban J connectivity index is 3.26. The lowest BCUT2D eigenvalue weighted by Crippen LogP contribution is -2.43. The number of rotatable bonds is 4. The van der Waals surface area contributed by atoms with Crippen molar-refractivity contribution in [2.45, 2.75) is 38.9 Å². The highest BCUT2D eigenvalue weighted by Gasteiger charge is 2.39. The summed E-state index contributed by atoms with van der Waals surface area (Å²) in [6.07, 6.45) is 0. The first-order valence-corrected chi connectivity index (χ1v) is 9.94. The van der Waals surface area contributed by atoms with Gasteiger partial charge in [0, 0.05) is 0 Å². The van der Waals surface area contributed by atoms with Crippen LogP contribution in [0.2, 0.25) is 18.1 Å². The molecule has 0 heterocycles. The summed E-state index contributed by atoms with van der Waals surface area (Å²) in [5.41, 5.74) is 0.308. The number of ether oxygens (including phenoxy) is 2. The summed E-state index contributed by atoms with van der Waals surface area (Å²) in [5.74, 6) is -0.625. The van der Waals surface area contributed by atoms with Gasteiger partial charge in [0.05, 0.1) is 25.3 Å². The number of methoxy groups -OCH3 is 2. The molecule has 0 N–H and O–H groups in total. The molecule has 5 nitrogen and oxygen atoms in total. The molecule has 0 radical (unpaired) electrons. The highest BCUT2D eigenvalue weighted by atomic mass is 28.4. The molecular formula is C16H24O5Si. The summed E-state index contributed by atoms with van der Waals surface area (Å²) in [5, 5.41) is 0.0272. The molecule has 1 aromatic rings. The fourth-order valence-electron chi connectivity index (χ4n) is 1.60. The third-order valence-electron chi connectivity index (χ3n) is 3.98. The van der Waals surface area contributed by atoms with E-state index < -0.39 is 20.3 Å². The van der Waals surface area contributed by atoms with Crippen molar-refractivity contribution in [3.05, 3.63) is 29.3 Å². The smallest absolute Gasteiger partial charge is 0.338 e. The van der Waals surface area contributed by atoms with Gasteiger partial charge in [0.25, 0.3) is 0 Å². The molecule has 0 unspecified atom stereocenters. The van der Waals surface area contributed by atoms with Crippen LogP contribution in [-0.4, -0.2) is 34.5 Å². The minimum atomic E-state index is -2.03. The van der Waals surface area contributed by atoms with E-state index in [9.17, 15) is 9.59 Å². The molecule has 0 aromatic heterocycles. The van der Waals surface area contributed by atoms with Crippen LogP contribution in [0.4, 0.5) is 0 Å². The average Bonchev–Trinajstić information content (AvgIpc) is 2.43. The molecule has 1 rings (SSSR count). The zero-order valence-electron chi connectivity index (χ0n) is 14.3. The molecule has 0 fully saturated rings. The Hall–Kier alpha value is -1.82. The molecule has 122 valence electrons. The van der Waals surface area contributed by atoms with Gasteiger partial charge in [0.15, 0.2) is 0 Å². The first-order chi connectivity index (χ1) is 10.0. The summed E-state index contributed by atoms with van der Waals surface area (Å²) in [6.45, 7) is 10.6. The molecule has 0 aliphatic heterocycles. The van der Waals surface area contributed by atoms with E-state index in [0.717, 1.165) is 0 Å². The minimum Gasteiger partial charge on any atom is -0.543 e. The summed E-state index contributed by atoms with van der Waals surface area (Å²) in [4.78, 5) is 23.6. The van der Waals surface area contributed by atoms with Crippen LogP contribution in [0.1, 0.15) is 41.5 Å². The Bertz CT molecular complexity index is 572. The second-order valence-corrected chi connectivity index (χ2v) is 11.3. The van der Waals surface area contributed by atoms with Crippen molar-refractivity contribution < 1.29 is 23.5 Å². The van der Waals surface area contributed by atoms with Crippen LogP contribution in [0, 0.1) is 0 Å². The van der Waals surface area contributed by atoms with Crippen LogP contribution in [0.3, 0.4) is 0 Å². The van der Waals surface area contributed by atoms with E-state index in [1.54, 1.807) is 12.1 Å². The Morgan fingerprint density at radius 1 is 0.955 bits per heavy atom. The average molecular weight is 324 g/mol. The van der Waals surface area contributed by atoms with E-state index in [-0.39, 0.29) is 16.2 Å². The van der Waals surface area contributed by atoms with Crippen molar-refractivity contribution in [3.8, 4) is 5.75 Å². The van der Waals surface area contributed by atoms with E-state index in [4.69, 9.17) is 9.16 Å². The maximum atomic E-state index is 11.9. The Morgan fingerprint density at radius 3 is 1.91 bits per heavy atom. The highest BCUT2D eigenvalue weighted by molar-refractivity contribution is 6.74. The SMILES string of the molecule is COC(=O)c1ccc(O[Si](C)(C)C(C)(C)C)cc1C(=O)OC. The highest BCUT2D eigenvalue weighted by Crippen LogP contribution is 2.37. The van der Waals surface area contributed by atoms with E-state index in [1.807, 2.05) is 0 Å². The van der Waals surface area contributed by atoms with Gasteiger partial charge < -0.3 is 13.9 Å².